The van der Waals surface area contributed by atoms with E-state index in [1.54, 1.807) is 12.2 Å². The Morgan fingerprint density at radius 1 is 1.33 bits per heavy atom. The van der Waals surface area contributed by atoms with Crippen LogP contribution in [0.4, 0.5) is 0 Å². The minimum absolute atomic E-state index is 0.0729. The number of nitrogens with one attached hydrogen (secondary N) is 1. The first-order chi connectivity index (χ1) is 8.61. The van der Waals surface area contributed by atoms with Crippen LogP contribution in [0.1, 0.15) is 32.8 Å². The number of ether oxygens (including phenoxy) is 1. The third-order valence-corrected chi connectivity index (χ3v) is 2.21. The number of hydrogen-bond donors (Lipinski definition) is 1. The van der Waals surface area contributed by atoms with E-state index in [1.807, 2.05) is 38.1 Å². The van der Waals surface area contributed by atoms with Crippen LogP contribution >= 0.6 is 0 Å². The summed E-state index contributed by atoms with van der Waals surface area (Å²) in [5.74, 6) is 0.789. The Kier molecular flexibility index (Phi) is 5.98. The molecule has 0 unspecified atom stereocenters. The molecule has 18 heavy (non-hydrogen) atoms. The minimum atomic E-state index is -0.0729. The monoisotopic (exact) mass is 247 g/mol. The molecule has 0 aliphatic carbocycles. The number of amides is 1. The zero-order valence-corrected chi connectivity index (χ0v) is 11.3. The summed E-state index contributed by atoms with van der Waals surface area (Å²) in [6.45, 7) is 6.67. The molecule has 0 heterocycles. The Labute approximate surface area is 109 Å². The Morgan fingerprint density at radius 3 is 2.56 bits per heavy atom. The van der Waals surface area contributed by atoms with Gasteiger partial charge in [-0.05, 0) is 44.0 Å². The SMILES string of the molecule is CCCOc1ccc(/C=C/C(=O)NC(C)C)cc1. The van der Waals surface area contributed by atoms with E-state index in [0.29, 0.717) is 0 Å². The number of carbonyl (C=O) groups is 1. The molecule has 0 aliphatic rings. The van der Waals surface area contributed by atoms with Gasteiger partial charge in [0.25, 0.3) is 0 Å². The van der Waals surface area contributed by atoms with Gasteiger partial charge in [-0.15, -0.1) is 0 Å². The van der Waals surface area contributed by atoms with Crippen LogP contribution < -0.4 is 10.1 Å². The summed E-state index contributed by atoms with van der Waals surface area (Å²) in [7, 11) is 0. The van der Waals surface area contributed by atoms with Gasteiger partial charge < -0.3 is 10.1 Å². The fourth-order valence-electron chi connectivity index (χ4n) is 1.40. The maximum Gasteiger partial charge on any atom is 0.244 e. The standard InChI is InChI=1S/C15H21NO2/c1-4-11-18-14-8-5-13(6-9-14)7-10-15(17)16-12(2)3/h5-10,12H,4,11H2,1-3H3,(H,16,17)/b10-7+. The van der Waals surface area contributed by atoms with E-state index in [2.05, 4.69) is 12.2 Å². The maximum absolute atomic E-state index is 11.4. The van der Waals surface area contributed by atoms with Crippen molar-refractivity contribution in [2.45, 2.75) is 33.2 Å². The number of benzene rings is 1. The van der Waals surface area contributed by atoms with E-state index in [1.165, 1.54) is 0 Å². The second-order valence-electron chi connectivity index (χ2n) is 4.41. The van der Waals surface area contributed by atoms with Gasteiger partial charge in [0.1, 0.15) is 5.75 Å². The van der Waals surface area contributed by atoms with Gasteiger partial charge >= 0.3 is 0 Å². The van der Waals surface area contributed by atoms with Crippen LogP contribution in [0.3, 0.4) is 0 Å². The maximum atomic E-state index is 11.4. The van der Waals surface area contributed by atoms with E-state index in [0.717, 1.165) is 24.3 Å². The van der Waals surface area contributed by atoms with Crippen molar-refractivity contribution < 1.29 is 9.53 Å². The molecule has 0 spiro atoms. The molecule has 1 rings (SSSR count). The molecule has 1 N–H and O–H groups in total. The molecule has 1 aromatic carbocycles. The molecule has 0 aromatic heterocycles. The van der Waals surface area contributed by atoms with Crippen LogP contribution in [0.25, 0.3) is 6.08 Å². The minimum Gasteiger partial charge on any atom is -0.494 e. The lowest BCUT2D eigenvalue weighted by atomic mass is 10.2. The van der Waals surface area contributed by atoms with E-state index >= 15 is 0 Å². The highest BCUT2D eigenvalue weighted by Crippen LogP contribution is 2.13. The first-order valence-electron chi connectivity index (χ1n) is 6.33. The predicted octanol–water partition coefficient (Wildman–Crippen LogP) is 3.01. The average Bonchev–Trinajstić information content (AvgIpc) is 2.34. The topological polar surface area (TPSA) is 38.3 Å². The lowest BCUT2D eigenvalue weighted by Crippen LogP contribution is -2.28. The van der Waals surface area contributed by atoms with Crippen molar-refractivity contribution in [1.82, 2.24) is 5.32 Å². The molecule has 0 aliphatic heterocycles. The highest BCUT2D eigenvalue weighted by molar-refractivity contribution is 5.91. The van der Waals surface area contributed by atoms with Crippen molar-refractivity contribution in [3.05, 3.63) is 35.9 Å². The summed E-state index contributed by atoms with van der Waals surface area (Å²) in [6.07, 6.45) is 4.33. The molecule has 1 aromatic rings. The van der Waals surface area contributed by atoms with Crippen LogP contribution in [0.15, 0.2) is 30.3 Å². The van der Waals surface area contributed by atoms with Crippen LogP contribution in [0, 0.1) is 0 Å². The molecule has 1 amide bonds. The molecule has 3 heteroatoms. The van der Waals surface area contributed by atoms with E-state index in [4.69, 9.17) is 4.74 Å². The molecule has 98 valence electrons. The Bertz CT molecular complexity index is 393. The van der Waals surface area contributed by atoms with Crippen LogP contribution in [0.2, 0.25) is 0 Å². The van der Waals surface area contributed by atoms with E-state index in [9.17, 15) is 4.79 Å². The van der Waals surface area contributed by atoms with Crippen molar-refractivity contribution in [2.24, 2.45) is 0 Å². The molecule has 0 radical (unpaired) electrons. The molecular formula is C15H21NO2. The smallest absolute Gasteiger partial charge is 0.244 e. The second kappa shape index (κ2) is 7.54. The van der Waals surface area contributed by atoms with Crippen LogP contribution in [0.5, 0.6) is 5.75 Å². The van der Waals surface area contributed by atoms with Gasteiger partial charge in [-0.25, -0.2) is 0 Å². The predicted molar refractivity (Wildman–Crippen MR) is 74.5 cm³/mol. The normalized spacial score (nSPS) is 10.9. The third kappa shape index (κ3) is 5.53. The summed E-state index contributed by atoms with van der Waals surface area (Å²) in [4.78, 5) is 11.4. The summed E-state index contributed by atoms with van der Waals surface area (Å²) < 4.78 is 5.48. The van der Waals surface area contributed by atoms with Crippen molar-refractivity contribution in [2.75, 3.05) is 6.61 Å². The second-order valence-corrected chi connectivity index (χ2v) is 4.41. The molecular weight excluding hydrogens is 226 g/mol. The van der Waals surface area contributed by atoms with E-state index < -0.39 is 0 Å². The Balaban J connectivity index is 2.52. The lowest BCUT2D eigenvalue weighted by molar-refractivity contribution is -0.116. The van der Waals surface area contributed by atoms with Gasteiger partial charge in [0, 0.05) is 12.1 Å². The Hall–Kier alpha value is -1.77. The quantitative estimate of drug-likeness (QED) is 0.785. The average molecular weight is 247 g/mol. The molecule has 0 saturated heterocycles. The van der Waals surface area contributed by atoms with Crippen molar-refractivity contribution >= 4 is 12.0 Å². The zero-order chi connectivity index (χ0) is 13.4. The van der Waals surface area contributed by atoms with Crippen molar-refractivity contribution in [1.29, 1.82) is 0 Å². The first kappa shape index (κ1) is 14.3. The molecule has 0 atom stereocenters. The number of hydrogen-bond acceptors (Lipinski definition) is 2. The highest BCUT2D eigenvalue weighted by Gasteiger charge is 1.97. The third-order valence-electron chi connectivity index (χ3n) is 2.21. The molecule has 0 saturated carbocycles. The van der Waals surface area contributed by atoms with Gasteiger partial charge in [-0.1, -0.05) is 19.1 Å². The molecule has 0 bridgehead atoms. The van der Waals surface area contributed by atoms with Gasteiger partial charge in [0.05, 0.1) is 6.61 Å². The first-order valence-corrected chi connectivity index (χ1v) is 6.33. The van der Waals surface area contributed by atoms with Gasteiger partial charge in [0.15, 0.2) is 0 Å². The highest BCUT2D eigenvalue weighted by atomic mass is 16.5. The molecule has 3 nitrogen and oxygen atoms in total. The van der Waals surface area contributed by atoms with Gasteiger partial charge in [-0.3, -0.25) is 4.79 Å². The summed E-state index contributed by atoms with van der Waals surface area (Å²) in [5, 5.41) is 2.80. The number of rotatable bonds is 6. The number of carbonyl (C=O) groups excluding carboxylic acids is 1. The van der Waals surface area contributed by atoms with Crippen LogP contribution in [-0.4, -0.2) is 18.6 Å². The fraction of sp³-hybridized carbons (Fsp3) is 0.400. The van der Waals surface area contributed by atoms with Gasteiger partial charge in [-0.2, -0.15) is 0 Å². The van der Waals surface area contributed by atoms with E-state index in [-0.39, 0.29) is 11.9 Å². The Morgan fingerprint density at radius 2 is 2.00 bits per heavy atom. The summed E-state index contributed by atoms with van der Waals surface area (Å²) >= 11 is 0. The fourth-order valence-corrected chi connectivity index (χ4v) is 1.40. The van der Waals surface area contributed by atoms with Crippen molar-refractivity contribution in [3.8, 4) is 5.75 Å². The van der Waals surface area contributed by atoms with Gasteiger partial charge in [0.2, 0.25) is 5.91 Å². The molecule has 0 fully saturated rings. The van der Waals surface area contributed by atoms with Crippen molar-refractivity contribution in [3.63, 3.8) is 0 Å². The summed E-state index contributed by atoms with van der Waals surface area (Å²) in [6, 6.07) is 7.85. The largest absolute Gasteiger partial charge is 0.494 e. The summed E-state index contributed by atoms with van der Waals surface area (Å²) in [5.41, 5.74) is 0.984. The zero-order valence-electron chi connectivity index (χ0n) is 11.3. The lowest BCUT2D eigenvalue weighted by Gasteiger charge is -2.05. The van der Waals surface area contributed by atoms with Crippen LogP contribution in [-0.2, 0) is 4.79 Å².